The van der Waals surface area contributed by atoms with Crippen LogP contribution < -0.4 is 9.47 Å². The van der Waals surface area contributed by atoms with Gasteiger partial charge in [-0.2, -0.15) is 0 Å². The predicted molar refractivity (Wildman–Crippen MR) is 97.9 cm³/mol. The Bertz CT molecular complexity index is 770. The second-order valence-electron chi connectivity index (χ2n) is 5.39. The second kappa shape index (κ2) is 8.35. The van der Waals surface area contributed by atoms with Crippen LogP contribution >= 0.6 is 11.8 Å². The van der Waals surface area contributed by atoms with E-state index in [4.69, 9.17) is 9.47 Å². The molecule has 0 unspecified atom stereocenters. The van der Waals surface area contributed by atoms with Crippen LogP contribution in [-0.2, 0) is 9.59 Å². The molecule has 0 fully saturated rings. The molecular formula is C20H18O4S. The average Bonchev–Trinajstić information content (AvgIpc) is 2.55. The number of hydrogen-bond acceptors (Lipinski definition) is 5. The maximum atomic E-state index is 11.6. The Labute approximate surface area is 151 Å². The molecule has 2 aromatic carbocycles. The van der Waals surface area contributed by atoms with Crippen LogP contribution in [-0.4, -0.2) is 11.9 Å². The van der Waals surface area contributed by atoms with Crippen LogP contribution in [0.15, 0.2) is 82.6 Å². The van der Waals surface area contributed by atoms with Crippen molar-refractivity contribution in [3.05, 3.63) is 72.8 Å². The summed E-state index contributed by atoms with van der Waals surface area (Å²) in [7, 11) is 0. The number of ether oxygens (including phenoxy) is 2. The number of carbonyl (C=O) groups excluding carboxylic acids is 2. The Hall–Kier alpha value is -2.79. The van der Waals surface area contributed by atoms with Gasteiger partial charge in [0, 0.05) is 20.9 Å². The van der Waals surface area contributed by atoms with Crippen LogP contribution in [0, 0.1) is 0 Å². The van der Waals surface area contributed by atoms with Gasteiger partial charge in [-0.3, -0.25) is 0 Å². The number of benzene rings is 2. The van der Waals surface area contributed by atoms with Crippen molar-refractivity contribution in [2.75, 3.05) is 0 Å². The summed E-state index contributed by atoms with van der Waals surface area (Å²) >= 11 is 1.46. The summed E-state index contributed by atoms with van der Waals surface area (Å²) in [6.45, 7) is 10.3. The van der Waals surface area contributed by atoms with Crippen molar-refractivity contribution in [3.8, 4) is 11.5 Å². The first-order valence-electron chi connectivity index (χ1n) is 7.48. The molecule has 0 N–H and O–H groups in total. The molecular weight excluding hydrogens is 336 g/mol. The molecule has 128 valence electrons. The molecule has 0 radical (unpaired) electrons. The van der Waals surface area contributed by atoms with E-state index >= 15 is 0 Å². The Morgan fingerprint density at radius 3 is 1.56 bits per heavy atom. The van der Waals surface area contributed by atoms with Crippen LogP contribution in [0.5, 0.6) is 11.5 Å². The molecule has 2 aromatic rings. The standard InChI is InChI=1S/C20H18O4S/c1-13(2)19(21)23-15-7-5-9-17(11-15)25-18-10-6-8-16(12-18)24-20(22)14(3)4/h5-12H,1,3H2,2,4H3. The van der Waals surface area contributed by atoms with Gasteiger partial charge in [-0.25, -0.2) is 9.59 Å². The van der Waals surface area contributed by atoms with Crippen molar-refractivity contribution >= 4 is 23.7 Å². The number of carbonyl (C=O) groups is 2. The van der Waals surface area contributed by atoms with Crippen molar-refractivity contribution < 1.29 is 19.1 Å². The molecule has 25 heavy (non-hydrogen) atoms. The molecule has 5 heteroatoms. The van der Waals surface area contributed by atoms with Gasteiger partial charge in [0.1, 0.15) is 11.5 Å². The van der Waals surface area contributed by atoms with Crippen LogP contribution in [0.25, 0.3) is 0 Å². The molecule has 4 nitrogen and oxygen atoms in total. The molecule has 0 saturated heterocycles. The van der Waals surface area contributed by atoms with Crippen LogP contribution in [0.2, 0.25) is 0 Å². The van der Waals surface area contributed by atoms with Gasteiger partial charge in [-0.15, -0.1) is 0 Å². The van der Waals surface area contributed by atoms with Crippen molar-refractivity contribution in [3.63, 3.8) is 0 Å². The van der Waals surface area contributed by atoms with E-state index in [2.05, 4.69) is 13.2 Å². The van der Waals surface area contributed by atoms with Gasteiger partial charge in [0.05, 0.1) is 0 Å². The number of rotatable bonds is 6. The highest BCUT2D eigenvalue weighted by molar-refractivity contribution is 7.99. The Morgan fingerprint density at radius 2 is 1.20 bits per heavy atom. The van der Waals surface area contributed by atoms with Gasteiger partial charge in [0.2, 0.25) is 0 Å². The first kappa shape index (κ1) is 18.5. The van der Waals surface area contributed by atoms with Gasteiger partial charge in [0.15, 0.2) is 0 Å². The highest BCUT2D eigenvalue weighted by Gasteiger charge is 2.08. The lowest BCUT2D eigenvalue weighted by molar-refractivity contribution is -0.130. The summed E-state index contributed by atoms with van der Waals surface area (Å²) in [5, 5.41) is 0. The predicted octanol–water partition coefficient (Wildman–Crippen LogP) is 4.80. The van der Waals surface area contributed by atoms with E-state index in [0.29, 0.717) is 22.6 Å². The van der Waals surface area contributed by atoms with Crippen LogP contribution in [0.1, 0.15) is 13.8 Å². The molecule has 0 aliphatic heterocycles. The highest BCUT2D eigenvalue weighted by Crippen LogP contribution is 2.32. The third-order valence-corrected chi connectivity index (χ3v) is 3.94. The van der Waals surface area contributed by atoms with Crippen molar-refractivity contribution in [2.24, 2.45) is 0 Å². The molecule has 0 spiro atoms. The topological polar surface area (TPSA) is 52.6 Å². The summed E-state index contributed by atoms with van der Waals surface area (Å²) < 4.78 is 10.5. The number of esters is 2. The van der Waals surface area contributed by atoms with Gasteiger partial charge >= 0.3 is 11.9 Å². The van der Waals surface area contributed by atoms with E-state index in [9.17, 15) is 9.59 Å². The number of hydrogen-bond donors (Lipinski definition) is 0. The Morgan fingerprint density at radius 1 is 0.800 bits per heavy atom. The van der Waals surface area contributed by atoms with Crippen molar-refractivity contribution in [1.29, 1.82) is 0 Å². The minimum Gasteiger partial charge on any atom is -0.423 e. The molecule has 0 heterocycles. The zero-order chi connectivity index (χ0) is 18.4. The lowest BCUT2D eigenvalue weighted by Crippen LogP contribution is -2.08. The zero-order valence-electron chi connectivity index (χ0n) is 14.1. The quantitative estimate of drug-likeness (QED) is 0.424. The fraction of sp³-hybridized carbons (Fsp3) is 0.100. The summed E-state index contributed by atoms with van der Waals surface area (Å²) in [6.07, 6.45) is 0. The van der Waals surface area contributed by atoms with Gasteiger partial charge in [-0.05, 0) is 50.2 Å². The third-order valence-electron chi connectivity index (χ3n) is 2.96. The molecule has 0 aromatic heterocycles. The second-order valence-corrected chi connectivity index (χ2v) is 6.54. The van der Waals surface area contributed by atoms with E-state index in [-0.39, 0.29) is 0 Å². The SMILES string of the molecule is C=C(C)C(=O)Oc1cccc(Sc2cccc(OC(=O)C(=C)C)c2)c1. The molecule has 0 atom stereocenters. The summed E-state index contributed by atoms with van der Waals surface area (Å²) in [5.74, 6) is -0.0301. The molecule has 0 amide bonds. The maximum Gasteiger partial charge on any atom is 0.338 e. The average molecular weight is 354 g/mol. The van der Waals surface area contributed by atoms with Crippen LogP contribution in [0.3, 0.4) is 0 Å². The smallest absolute Gasteiger partial charge is 0.338 e. The van der Waals surface area contributed by atoms with E-state index in [0.717, 1.165) is 9.79 Å². The van der Waals surface area contributed by atoms with Gasteiger partial charge < -0.3 is 9.47 Å². The summed E-state index contributed by atoms with van der Waals surface area (Å²) in [6, 6.07) is 14.3. The monoisotopic (exact) mass is 354 g/mol. The molecule has 2 rings (SSSR count). The lowest BCUT2D eigenvalue weighted by Gasteiger charge is -2.08. The van der Waals surface area contributed by atoms with Crippen molar-refractivity contribution in [1.82, 2.24) is 0 Å². The summed E-state index contributed by atoms with van der Waals surface area (Å²) in [4.78, 5) is 25.0. The summed E-state index contributed by atoms with van der Waals surface area (Å²) in [5.41, 5.74) is 0.676. The largest absolute Gasteiger partial charge is 0.423 e. The first-order chi connectivity index (χ1) is 11.8. The maximum absolute atomic E-state index is 11.6. The molecule has 0 saturated carbocycles. The molecule has 0 bridgehead atoms. The van der Waals surface area contributed by atoms with E-state index in [1.165, 1.54) is 11.8 Å². The highest BCUT2D eigenvalue weighted by atomic mass is 32.2. The molecule has 0 aliphatic rings. The zero-order valence-corrected chi connectivity index (χ0v) is 14.9. The first-order valence-corrected chi connectivity index (χ1v) is 8.30. The van der Waals surface area contributed by atoms with Gasteiger partial charge in [0.25, 0.3) is 0 Å². The third kappa shape index (κ3) is 5.65. The van der Waals surface area contributed by atoms with E-state index in [1.807, 2.05) is 12.1 Å². The minimum absolute atomic E-state index is 0.338. The normalized spacial score (nSPS) is 10.0. The lowest BCUT2D eigenvalue weighted by atomic mass is 10.3. The Kier molecular flexibility index (Phi) is 6.19. The van der Waals surface area contributed by atoms with Crippen LogP contribution in [0.4, 0.5) is 0 Å². The van der Waals surface area contributed by atoms with Gasteiger partial charge in [-0.1, -0.05) is 37.1 Å². The van der Waals surface area contributed by atoms with E-state index in [1.54, 1.807) is 50.2 Å². The fourth-order valence-corrected chi connectivity index (χ4v) is 2.64. The minimum atomic E-state index is -0.462. The van der Waals surface area contributed by atoms with E-state index < -0.39 is 11.9 Å². The van der Waals surface area contributed by atoms with Crippen molar-refractivity contribution in [2.45, 2.75) is 23.6 Å². The Balaban J connectivity index is 2.12. The molecule has 0 aliphatic carbocycles. The fourth-order valence-electron chi connectivity index (χ4n) is 1.73.